The number of hydrogen-bond acceptors (Lipinski definition) is 3. The highest BCUT2D eigenvalue weighted by atomic mass is 35.5. The van der Waals surface area contributed by atoms with Crippen molar-refractivity contribution in [2.75, 3.05) is 29.6 Å². The fourth-order valence-corrected chi connectivity index (χ4v) is 3.75. The first-order valence-electron chi connectivity index (χ1n) is 9.88. The molecule has 1 aliphatic rings. The van der Waals surface area contributed by atoms with Crippen molar-refractivity contribution in [2.24, 2.45) is 0 Å². The average molecular weight is 415 g/mol. The van der Waals surface area contributed by atoms with E-state index in [4.69, 9.17) is 11.6 Å². The number of halogens is 1. The first kappa shape index (κ1) is 21.0. The molecule has 0 bridgehead atoms. The highest BCUT2D eigenvalue weighted by molar-refractivity contribution is 6.30. The molecule has 0 atom stereocenters. The Morgan fingerprint density at radius 3 is 2.31 bits per heavy atom. The molecule has 0 unspecified atom stereocenters. The van der Waals surface area contributed by atoms with Gasteiger partial charge in [-0.25, -0.2) is 4.79 Å². The normalized spacial score (nSPS) is 14.2. The molecule has 2 aromatic carbocycles. The van der Waals surface area contributed by atoms with E-state index in [1.165, 1.54) is 6.42 Å². The Morgan fingerprint density at radius 1 is 0.966 bits per heavy atom. The van der Waals surface area contributed by atoms with Crippen LogP contribution in [0.4, 0.5) is 21.9 Å². The largest absolute Gasteiger partial charge is 0.377 e. The van der Waals surface area contributed by atoms with Crippen LogP contribution in [0.25, 0.3) is 0 Å². The van der Waals surface area contributed by atoms with Crippen molar-refractivity contribution in [1.82, 2.24) is 5.32 Å². The smallest absolute Gasteiger partial charge is 0.323 e. The molecule has 0 spiro atoms. The number of nitrogens with zero attached hydrogens (tertiary/aromatic N) is 1. The van der Waals surface area contributed by atoms with Gasteiger partial charge in [-0.05, 0) is 49.2 Å². The first-order chi connectivity index (χ1) is 13.9. The van der Waals surface area contributed by atoms with Crippen LogP contribution in [0, 0.1) is 0 Å². The Hall–Kier alpha value is -2.73. The van der Waals surface area contributed by atoms with Gasteiger partial charge in [0, 0.05) is 42.2 Å². The topological polar surface area (TPSA) is 73.5 Å². The van der Waals surface area contributed by atoms with Gasteiger partial charge in [-0.2, -0.15) is 0 Å². The Morgan fingerprint density at radius 2 is 1.66 bits per heavy atom. The molecular formula is C22H27ClN4O2. The highest BCUT2D eigenvalue weighted by Gasteiger charge is 2.20. The molecular weight excluding hydrogens is 388 g/mol. The lowest BCUT2D eigenvalue weighted by Crippen LogP contribution is -2.36. The second-order valence-corrected chi connectivity index (χ2v) is 7.96. The Balaban J connectivity index is 1.73. The number of carbonyl (C=O) groups is 2. The van der Waals surface area contributed by atoms with Crippen LogP contribution >= 0.6 is 11.6 Å². The minimum Gasteiger partial charge on any atom is -0.377 e. The van der Waals surface area contributed by atoms with Gasteiger partial charge in [-0.15, -0.1) is 0 Å². The molecule has 0 heterocycles. The number of amides is 3. The summed E-state index contributed by atoms with van der Waals surface area (Å²) in [4.78, 5) is 27.2. The molecule has 7 heteroatoms. The van der Waals surface area contributed by atoms with Gasteiger partial charge in [0.1, 0.15) is 0 Å². The zero-order valence-corrected chi connectivity index (χ0v) is 17.6. The second kappa shape index (κ2) is 9.65. The average Bonchev–Trinajstić information content (AvgIpc) is 2.68. The molecule has 154 valence electrons. The van der Waals surface area contributed by atoms with E-state index in [1.54, 1.807) is 36.4 Å². The van der Waals surface area contributed by atoms with E-state index >= 15 is 0 Å². The number of urea groups is 1. The molecule has 0 aromatic heterocycles. The van der Waals surface area contributed by atoms with Crippen LogP contribution in [-0.2, 0) is 0 Å². The Labute approximate surface area is 176 Å². The third kappa shape index (κ3) is 5.87. The fourth-order valence-electron chi connectivity index (χ4n) is 3.56. The Kier molecular flexibility index (Phi) is 6.99. The summed E-state index contributed by atoms with van der Waals surface area (Å²) >= 11 is 5.95. The molecule has 1 fully saturated rings. The van der Waals surface area contributed by atoms with E-state index in [0.29, 0.717) is 22.0 Å². The van der Waals surface area contributed by atoms with E-state index in [2.05, 4.69) is 16.0 Å². The zero-order chi connectivity index (χ0) is 20.8. The van der Waals surface area contributed by atoms with E-state index < -0.39 is 6.03 Å². The second-order valence-electron chi connectivity index (χ2n) is 7.52. The zero-order valence-electron chi connectivity index (χ0n) is 16.8. The fraction of sp³-hybridized carbons (Fsp3) is 0.364. The van der Waals surface area contributed by atoms with Crippen LogP contribution in [0.5, 0.6) is 0 Å². The van der Waals surface area contributed by atoms with Crippen LogP contribution < -0.4 is 20.9 Å². The van der Waals surface area contributed by atoms with E-state index in [1.807, 2.05) is 25.1 Å². The summed E-state index contributed by atoms with van der Waals surface area (Å²) in [6.45, 7) is 0. The molecule has 1 aliphatic carbocycles. The third-order valence-corrected chi connectivity index (χ3v) is 5.24. The lowest BCUT2D eigenvalue weighted by molar-refractivity contribution is 0.0928. The quantitative estimate of drug-likeness (QED) is 0.636. The molecule has 3 amide bonds. The molecule has 6 nitrogen and oxygen atoms in total. The van der Waals surface area contributed by atoms with Gasteiger partial charge in [0.05, 0.1) is 5.56 Å². The van der Waals surface area contributed by atoms with Crippen molar-refractivity contribution in [2.45, 2.75) is 38.1 Å². The van der Waals surface area contributed by atoms with Crippen LogP contribution in [-0.4, -0.2) is 32.1 Å². The lowest BCUT2D eigenvalue weighted by Gasteiger charge is -2.24. The van der Waals surface area contributed by atoms with Gasteiger partial charge in [0.25, 0.3) is 5.91 Å². The predicted octanol–water partition coefficient (Wildman–Crippen LogP) is 5.11. The SMILES string of the molecule is CN(C)c1ccc(NC(=O)Nc2cccc(Cl)c2)cc1C(=O)NC1CCCCC1. The summed E-state index contributed by atoms with van der Waals surface area (Å²) < 4.78 is 0. The highest BCUT2D eigenvalue weighted by Crippen LogP contribution is 2.25. The van der Waals surface area contributed by atoms with Gasteiger partial charge in [-0.3, -0.25) is 4.79 Å². The van der Waals surface area contributed by atoms with E-state index in [0.717, 1.165) is 31.4 Å². The maximum absolute atomic E-state index is 12.9. The van der Waals surface area contributed by atoms with Crippen molar-refractivity contribution >= 4 is 40.6 Å². The number of nitrogens with one attached hydrogen (secondary N) is 3. The van der Waals surface area contributed by atoms with Crippen molar-refractivity contribution < 1.29 is 9.59 Å². The number of hydrogen-bond donors (Lipinski definition) is 3. The molecule has 0 aliphatic heterocycles. The number of benzene rings is 2. The van der Waals surface area contributed by atoms with Gasteiger partial charge >= 0.3 is 6.03 Å². The van der Waals surface area contributed by atoms with Gasteiger partial charge in [0.15, 0.2) is 0 Å². The monoisotopic (exact) mass is 414 g/mol. The molecule has 2 aromatic rings. The van der Waals surface area contributed by atoms with E-state index in [-0.39, 0.29) is 11.9 Å². The maximum atomic E-state index is 12.9. The summed E-state index contributed by atoms with van der Waals surface area (Å²) in [6, 6.07) is 12.1. The van der Waals surface area contributed by atoms with Crippen molar-refractivity contribution in [3.05, 3.63) is 53.1 Å². The van der Waals surface area contributed by atoms with Crippen molar-refractivity contribution in [3.63, 3.8) is 0 Å². The standard InChI is InChI=1S/C22H27ClN4O2/c1-27(2)20-12-11-18(26-22(29)25-17-10-6-7-15(23)13-17)14-19(20)21(28)24-16-8-4-3-5-9-16/h6-7,10-14,16H,3-5,8-9H2,1-2H3,(H,24,28)(H2,25,26,29). The molecule has 1 saturated carbocycles. The molecule has 3 rings (SSSR count). The first-order valence-corrected chi connectivity index (χ1v) is 10.3. The number of carbonyl (C=O) groups excluding carboxylic acids is 2. The summed E-state index contributed by atoms with van der Waals surface area (Å²) in [5.74, 6) is -0.112. The van der Waals surface area contributed by atoms with Gasteiger partial charge < -0.3 is 20.9 Å². The molecule has 0 radical (unpaired) electrons. The van der Waals surface area contributed by atoms with Gasteiger partial charge in [-0.1, -0.05) is 36.9 Å². The van der Waals surface area contributed by atoms with Crippen molar-refractivity contribution in [1.29, 1.82) is 0 Å². The van der Waals surface area contributed by atoms with Gasteiger partial charge in [0.2, 0.25) is 0 Å². The minimum absolute atomic E-state index is 0.112. The van der Waals surface area contributed by atoms with Crippen LogP contribution in [0.1, 0.15) is 42.5 Å². The number of rotatable bonds is 5. The molecule has 29 heavy (non-hydrogen) atoms. The minimum atomic E-state index is -0.400. The summed E-state index contributed by atoms with van der Waals surface area (Å²) in [5, 5.41) is 9.21. The van der Waals surface area contributed by atoms with Crippen LogP contribution in [0.15, 0.2) is 42.5 Å². The summed E-state index contributed by atoms with van der Waals surface area (Å²) in [5.41, 5.74) is 2.49. The van der Waals surface area contributed by atoms with Crippen LogP contribution in [0.2, 0.25) is 5.02 Å². The summed E-state index contributed by atoms with van der Waals surface area (Å²) in [6.07, 6.45) is 5.57. The summed E-state index contributed by atoms with van der Waals surface area (Å²) in [7, 11) is 3.79. The Bertz CT molecular complexity index is 879. The molecule has 0 saturated heterocycles. The van der Waals surface area contributed by atoms with Crippen LogP contribution in [0.3, 0.4) is 0 Å². The molecule has 3 N–H and O–H groups in total. The third-order valence-electron chi connectivity index (χ3n) is 5.00. The predicted molar refractivity (Wildman–Crippen MR) is 119 cm³/mol. The number of anilines is 3. The maximum Gasteiger partial charge on any atom is 0.323 e. The lowest BCUT2D eigenvalue weighted by atomic mass is 9.95. The van der Waals surface area contributed by atoms with Crippen molar-refractivity contribution in [3.8, 4) is 0 Å². The van der Waals surface area contributed by atoms with E-state index in [9.17, 15) is 9.59 Å².